The Balaban J connectivity index is 1.28. The van der Waals surface area contributed by atoms with Gasteiger partial charge in [0.1, 0.15) is 11.7 Å². The Morgan fingerprint density at radius 1 is 0.872 bits per heavy atom. The fourth-order valence-electron chi connectivity index (χ4n) is 6.15. The maximum atomic E-state index is 14.2. The van der Waals surface area contributed by atoms with Crippen molar-refractivity contribution in [3.63, 3.8) is 0 Å². The molecular weight excluding hydrogens is 592 g/mol. The number of carbonyl (C=O) groups is 3. The lowest BCUT2D eigenvalue weighted by Gasteiger charge is -2.28. The number of aromatic nitrogens is 3. The van der Waals surface area contributed by atoms with Crippen LogP contribution in [0.15, 0.2) is 116 Å². The van der Waals surface area contributed by atoms with Crippen molar-refractivity contribution in [1.29, 1.82) is 0 Å². The Morgan fingerprint density at radius 3 is 2.11 bits per heavy atom. The molecule has 1 aliphatic rings. The van der Waals surface area contributed by atoms with Gasteiger partial charge in [0.2, 0.25) is 11.8 Å². The van der Waals surface area contributed by atoms with Gasteiger partial charge >= 0.3 is 0 Å². The summed E-state index contributed by atoms with van der Waals surface area (Å²) in [5, 5.41) is 22.3. The Labute approximate surface area is 273 Å². The van der Waals surface area contributed by atoms with Crippen LogP contribution in [0.1, 0.15) is 45.9 Å². The van der Waals surface area contributed by atoms with Gasteiger partial charge in [-0.2, -0.15) is 9.83 Å². The summed E-state index contributed by atoms with van der Waals surface area (Å²) >= 11 is 0. The quantitative estimate of drug-likeness (QED) is 0.175. The number of pyridine rings is 1. The van der Waals surface area contributed by atoms with Gasteiger partial charge in [0, 0.05) is 49.6 Å². The number of hydrogen-bond donors (Lipinski definition) is 2. The molecule has 6 rings (SSSR count). The van der Waals surface area contributed by atoms with Gasteiger partial charge in [0.25, 0.3) is 5.91 Å². The zero-order chi connectivity index (χ0) is 32.8. The third kappa shape index (κ3) is 7.22. The molecule has 2 aromatic heterocycles. The van der Waals surface area contributed by atoms with E-state index >= 15 is 0 Å². The van der Waals surface area contributed by atoms with E-state index in [1.54, 1.807) is 31.3 Å². The molecule has 10 nitrogen and oxygen atoms in total. The second-order valence-electron chi connectivity index (χ2n) is 11.7. The average Bonchev–Trinajstić information content (AvgIpc) is 3.79. The molecule has 3 amide bonds. The third-order valence-corrected chi connectivity index (χ3v) is 8.55. The first kappa shape index (κ1) is 31.2. The van der Waals surface area contributed by atoms with Crippen LogP contribution in [0.3, 0.4) is 0 Å². The number of amides is 3. The molecule has 0 bridgehead atoms. The van der Waals surface area contributed by atoms with Gasteiger partial charge in [0.05, 0.1) is 6.42 Å². The van der Waals surface area contributed by atoms with Crippen LogP contribution in [0.5, 0.6) is 0 Å². The normalized spacial score (nSPS) is 13.4. The number of carbonyl (C=O) groups excluding carboxylic acids is 3. The SMILES string of the molecule is Cn1nccc1C(=O)N[C@H](C(=O)Nc1ccc(-c2cc[n+]([O-])cc2CC(=O)N2CCCC2)cc1)C(c1ccccc1)c1ccccc1. The zero-order valence-electron chi connectivity index (χ0n) is 26.1. The Kier molecular flexibility index (Phi) is 9.38. The summed E-state index contributed by atoms with van der Waals surface area (Å²) < 4.78 is 2.18. The average molecular weight is 629 g/mol. The largest absolute Gasteiger partial charge is 0.619 e. The van der Waals surface area contributed by atoms with Crippen LogP contribution in [-0.4, -0.2) is 51.5 Å². The molecule has 238 valence electrons. The number of hydrogen-bond acceptors (Lipinski definition) is 5. The zero-order valence-corrected chi connectivity index (χ0v) is 26.1. The van der Waals surface area contributed by atoms with Crippen LogP contribution in [0, 0.1) is 5.21 Å². The highest BCUT2D eigenvalue weighted by molar-refractivity contribution is 6.01. The number of aryl methyl sites for hydroxylation is 1. The van der Waals surface area contributed by atoms with E-state index in [-0.39, 0.29) is 12.3 Å². The van der Waals surface area contributed by atoms with Gasteiger partial charge < -0.3 is 20.7 Å². The van der Waals surface area contributed by atoms with Gasteiger partial charge in [-0.25, -0.2) is 0 Å². The van der Waals surface area contributed by atoms with Gasteiger partial charge in [0.15, 0.2) is 12.4 Å². The maximum absolute atomic E-state index is 14.2. The van der Waals surface area contributed by atoms with Crippen LogP contribution < -0.4 is 15.4 Å². The second-order valence-corrected chi connectivity index (χ2v) is 11.7. The van der Waals surface area contributed by atoms with Crippen molar-refractivity contribution in [1.82, 2.24) is 20.0 Å². The second kappa shape index (κ2) is 14.1. The van der Waals surface area contributed by atoms with E-state index in [2.05, 4.69) is 15.7 Å². The smallest absolute Gasteiger partial charge is 0.270 e. The summed E-state index contributed by atoms with van der Waals surface area (Å²) in [5.41, 5.74) is 4.82. The highest BCUT2D eigenvalue weighted by Gasteiger charge is 2.33. The van der Waals surface area contributed by atoms with Crippen LogP contribution in [0.2, 0.25) is 0 Å². The summed E-state index contributed by atoms with van der Waals surface area (Å²) in [7, 11) is 1.68. The van der Waals surface area contributed by atoms with Crippen molar-refractivity contribution in [3.8, 4) is 11.1 Å². The van der Waals surface area contributed by atoms with Gasteiger partial charge in [-0.15, -0.1) is 0 Å². The van der Waals surface area contributed by atoms with Crippen molar-refractivity contribution < 1.29 is 19.1 Å². The van der Waals surface area contributed by atoms with Crippen LogP contribution in [0.4, 0.5) is 5.69 Å². The number of nitrogens with zero attached hydrogens (tertiary/aromatic N) is 4. The van der Waals surface area contributed by atoms with E-state index in [1.807, 2.05) is 77.7 Å². The van der Waals surface area contributed by atoms with Crippen LogP contribution >= 0.6 is 0 Å². The van der Waals surface area contributed by atoms with Crippen molar-refractivity contribution >= 4 is 23.4 Å². The number of nitrogens with one attached hydrogen (secondary N) is 2. The standard InChI is InChI=1S/C37H36N6O4/c1-41-32(18-20-38-41)36(45)40-35(34(27-10-4-2-5-11-27)28-12-6-3-7-13-28)37(46)39-30-16-14-26(15-17-30)31-19-23-43(47)25-29(31)24-33(44)42-21-8-9-22-42/h2-7,10-20,23,25,34-35H,8-9,21-22,24H2,1H3,(H,39,46)(H,40,45)/t35-/m0/s1. The fourth-order valence-corrected chi connectivity index (χ4v) is 6.15. The predicted molar refractivity (Wildman–Crippen MR) is 178 cm³/mol. The van der Waals surface area contributed by atoms with Gasteiger partial charge in [-0.3, -0.25) is 19.1 Å². The minimum atomic E-state index is -0.980. The van der Waals surface area contributed by atoms with Crippen molar-refractivity contribution in [3.05, 3.63) is 143 Å². The lowest BCUT2D eigenvalue weighted by atomic mass is 9.84. The van der Waals surface area contributed by atoms with Crippen LogP contribution in [0.25, 0.3) is 11.1 Å². The number of rotatable bonds is 10. The number of benzene rings is 3. The Bertz CT molecular complexity index is 1810. The molecule has 0 radical (unpaired) electrons. The topological polar surface area (TPSA) is 123 Å². The molecule has 2 N–H and O–H groups in total. The van der Waals surface area contributed by atoms with E-state index in [0.29, 0.717) is 21.7 Å². The molecule has 3 aromatic carbocycles. The summed E-state index contributed by atoms with van der Waals surface area (Å²) in [4.78, 5) is 42.4. The summed E-state index contributed by atoms with van der Waals surface area (Å²) in [6.07, 6.45) is 6.52. The number of likely N-dealkylation sites (tertiary alicyclic amines) is 1. The van der Waals surface area contributed by atoms with Gasteiger partial charge in [-0.05, 0) is 53.3 Å². The van der Waals surface area contributed by atoms with Gasteiger partial charge in [-0.1, -0.05) is 72.8 Å². The molecule has 1 saturated heterocycles. The molecule has 1 atom stereocenters. The minimum Gasteiger partial charge on any atom is -0.619 e. The lowest BCUT2D eigenvalue weighted by Crippen LogP contribution is -2.48. The molecule has 5 aromatic rings. The lowest BCUT2D eigenvalue weighted by molar-refractivity contribution is -0.605. The number of anilines is 1. The summed E-state index contributed by atoms with van der Waals surface area (Å²) in [6, 6.07) is 28.8. The third-order valence-electron chi connectivity index (χ3n) is 8.55. The predicted octanol–water partition coefficient (Wildman–Crippen LogP) is 4.45. The molecule has 0 spiro atoms. The van der Waals surface area contributed by atoms with Crippen molar-refractivity contribution in [2.45, 2.75) is 31.2 Å². The highest BCUT2D eigenvalue weighted by atomic mass is 16.5. The van der Waals surface area contributed by atoms with E-state index < -0.39 is 23.8 Å². The monoisotopic (exact) mass is 628 g/mol. The molecule has 0 saturated carbocycles. The van der Waals surface area contributed by atoms with E-state index in [9.17, 15) is 19.6 Å². The molecule has 10 heteroatoms. The molecule has 1 fully saturated rings. The molecule has 1 aliphatic heterocycles. The first-order valence-corrected chi connectivity index (χ1v) is 15.7. The highest BCUT2D eigenvalue weighted by Crippen LogP contribution is 2.30. The first-order valence-electron chi connectivity index (χ1n) is 15.7. The minimum absolute atomic E-state index is 0.00410. The van der Waals surface area contributed by atoms with E-state index in [4.69, 9.17) is 0 Å². The summed E-state index contributed by atoms with van der Waals surface area (Å²) in [6.45, 7) is 1.48. The molecule has 0 aliphatic carbocycles. The maximum Gasteiger partial charge on any atom is 0.270 e. The molecular formula is C37H36N6O4. The Hall–Kier alpha value is -5.77. The van der Waals surface area contributed by atoms with E-state index in [0.717, 1.165) is 48.2 Å². The first-order chi connectivity index (χ1) is 22.9. The molecule has 0 unspecified atom stereocenters. The molecule has 47 heavy (non-hydrogen) atoms. The Morgan fingerprint density at radius 2 is 1.51 bits per heavy atom. The summed E-state index contributed by atoms with van der Waals surface area (Å²) in [5.74, 6) is -1.31. The van der Waals surface area contributed by atoms with Crippen molar-refractivity contribution in [2.75, 3.05) is 18.4 Å². The van der Waals surface area contributed by atoms with E-state index in [1.165, 1.54) is 23.3 Å². The molecule has 3 heterocycles. The fraction of sp³-hybridized carbons (Fsp3) is 0.216. The van der Waals surface area contributed by atoms with Crippen LogP contribution in [-0.2, 0) is 23.1 Å². The van der Waals surface area contributed by atoms with Crippen molar-refractivity contribution in [2.24, 2.45) is 7.05 Å².